The van der Waals surface area contributed by atoms with Gasteiger partial charge in [-0.1, -0.05) is 26.7 Å². The van der Waals surface area contributed by atoms with E-state index in [0.717, 1.165) is 13.1 Å². The van der Waals surface area contributed by atoms with Crippen molar-refractivity contribution in [3.05, 3.63) is 0 Å². The summed E-state index contributed by atoms with van der Waals surface area (Å²) in [7, 11) is 1.39. The molecule has 1 atom stereocenters. The SMILES string of the molecule is COC(=O)C(N)CCN(CC(C)C)C1CCCC1. The van der Waals surface area contributed by atoms with Gasteiger partial charge in [0.05, 0.1) is 7.11 Å². The zero-order chi connectivity index (χ0) is 13.5. The summed E-state index contributed by atoms with van der Waals surface area (Å²) in [5, 5.41) is 0. The van der Waals surface area contributed by atoms with E-state index in [0.29, 0.717) is 18.4 Å². The number of ether oxygens (including phenoxy) is 1. The van der Waals surface area contributed by atoms with Crippen LogP contribution in [-0.2, 0) is 9.53 Å². The zero-order valence-electron chi connectivity index (χ0n) is 12.0. The molecule has 1 rings (SSSR count). The van der Waals surface area contributed by atoms with Crippen molar-refractivity contribution in [1.29, 1.82) is 0 Å². The van der Waals surface area contributed by atoms with Crippen LogP contribution in [0.1, 0.15) is 46.0 Å². The van der Waals surface area contributed by atoms with Crippen LogP contribution < -0.4 is 5.73 Å². The fraction of sp³-hybridized carbons (Fsp3) is 0.929. The van der Waals surface area contributed by atoms with Gasteiger partial charge in [-0.25, -0.2) is 0 Å². The molecule has 2 N–H and O–H groups in total. The first-order chi connectivity index (χ1) is 8.54. The van der Waals surface area contributed by atoms with Crippen molar-refractivity contribution in [1.82, 2.24) is 4.90 Å². The zero-order valence-corrected chi connectivity index (χ0v) is 12.0. The third-order valence-corrected chi connectivity index (χ3v) is 3.67. The molecule has 0 aliphatic heterocycles. The number of methoxy groups -OCH3 is 1. The van der Waals surface area contributed by atoms with Crippen molar-refractivity contribution in [3.63, 3.8) is 0 Å². The Morgan fingerprint density at radius 3 is 2.50 bits per heavy atom. The van der Waals surface area contributed by atoms with Crippen LogP contribution in [0.5, 0.6) is 0 Å². The summed E-state index contributed by atoms with van der Waals surface area (Å²) in [6.45, 7) is 6.47. The molecular weight excluding hydrogens is 228 g/mol. The second-order valence-electron chi connectivity index (χ2n) is 5.75. The molecule has 0 amide bonds. The van der Waals surface area contributed by atoms with Gasteiger partial charge < -0.3 is 15.4 Å². The molecule has 4 heteroatoms. The van der Waals surface area contributed by atoms with Crippen molar-refractivity contribution < 1.29 is 9.53 Å². The van der Waals surface area contributed by atoms with Gasteiger partial charge in [-0.05, 0) is 25.2 Å². The minimum Gasteiger partial charge on any atom is -0.468 e. The van der Waals surface area contributed by atoms with E-state index in [-0.39, 0.29) is 5.97 Å². The highest BCUT2D eigenvalue weighted by Gasteiger charge is 2.24. The number of hydrogen-bond donors (Lipinski definition) is 1. The molecule has 0 bridgehead atoms. The molecule has 0 heterocycles. The summed E-state index contributed by atoms with van der Waals surface area (Å²) in [6, 6.07) is 0.211. The van der Waals surface area contributed by atoms with E-state index >= 15 is 0 Å². The predicted molar refractivity (Wildman–Crippen MR) is 73.3 cm³/mol. The van der Waals surface area contributed by atoms with Gasteiger partial charge in [0.25, 0.3) is 0 Å². The Bertz CT molecular complexity index is 250. The van der Waals surface area contributed by atoms with Gasteiger partial charge >= 0.3 is 5.97 Å². The Hall–Kier alpha value is -0.610. The molecule has 0 aromatic carbocycles. The molecule has 4 nitrogen and oxygen atoms in total. The first-order valence-electron chi connectivity index (χ1n) is 7.12. The fourth-order valence-corrected chi connectivity index (χ4v) is 2.74. The van der Waals surface area contributed by atoms with Gasteiger partial charge in [0.2, 0.25) is 0 Å². The van der Waals surface area contributed by atoms with Gasteiger partial charge in [-0.2, -0.15) is 0 Å². The minimum absolute atomic E-state index is 0.300. The van der Waals surface area contributed by atoms with Crippen LogP contribution >= 0.6 is 0 Å². The van der Waals surface area contributed by atoms with Crippen LogP contribution in [-0.4, -0.2) is 43.2 Å². The number of esters is 1. The standard InChI is InChI=1S/C14H28N2O2/c1-11(2)10-16(12-6-4-5-7-12)9-8-13(15)14(17)18-3/h11-13H,4-10,15H2,1-3H3. The lowest BCUT2D eigenvalue weighted by Crippen LogP contribution is -2.41. The monoisotopic (exact) mass is 256 g/mol. The third kappa shape index (κ3) is 4.94. The summed E-state index contributed by atoms with van der Waals surface area (Å²) >= 11 is 0. The van der Waals surface area contributed by atoms with Crippen molar-refractivity contribution >= 4 is 5.97 Å². The average molecular weight is 256 g/mol. The van der Waals surface area contributed by atoms with Crippen LogP contribution in [0, 0.1) is 5.92 Å². The Balaban J connectivity index is 2.42. The summed E-state index contributed by atoms with van der Waals surface area (Å²) in [6.07, 6.45) is 5.95. The average Bonchev–Trinajstić information content (AvgIpc) is 2.86. The number of carbonyl (C=O) groups is 1. The Labute approximate surface area is 111 Å². The van der Waals surface area contributed by atoms with Gasteiger partial charge in [0, 0.05) is 19.1 Å². The van der Waals surface area contributed by atoms with E-state index in [1.54, 1.807) is 0 Å². The summed E-state index contributed by atoms with van der Waals surface area (Å²) in [4.78, 5) is 13.8. The van der Waals surface area contributed by atoms with Crippen LogP contribution in [0.25, 0.3) is 0 Å². The molecule has 1 fully saturated rings. The number of rotatable bonds is 7. The van der Waals surface area contributed by atoms with Crippen molar-refractivity contribution in [2.45, 2.75) is 58.0 Å². The van der Waals surface area contributed by atoms with Crippen LogP contribution in [0.2, 0.25) is 0 Å². The quantitative estimate of drug-likeness (QED) is 0.705. The molecule has 106 valence electrons. The van der Waals surface area contributed by atoms with E-state index in [1.165, 1.54) is 32.8 Å². The second kappa shape index (κ2) is 7.74. The van der Waals surface area contributed by atoms with E-state index in [2.05, 4.69) is 23.5 Å². The highest BCUT2D eigenvalue weighted by Crippen LogP contribution is 2.24. The summed E-state index contributed by atoms with van der Waals surface area (Å²) < 4.78 is 4.67. The number of hydrogen-bond acceptors (Lipinski definition) is 4. The van der Waals surface area contributed by atoms with Gasteiger partial charge in [0.15, 0.2) is 0 Å². The maximum absolute atomic E-state index is 11.3. The molecule has 0 aromatic heterocycles. The second-order valence-corrected chi connectivity index (χ2v) is 5.75. The van der Waals surface area contributed by atoms with E-state index in [9.17, 15) is 4.79 Å². The molecule has 0 aromatic rings. The molecule has 1 aliphatic rings. The molecule has 0 saturated heterocycles. The van der Waals surface area contributed by atoms with Gasteiger partial charge in [0.1, 0.15) is 6.04 Å². The van der Waals surface area contributed by atoms with E-state index in [1.807, 2.05) is 0 Å². The Kier molecular flexibility index (Phi) is 6.65. The fourth-order valence-electron chi connectivity index (χ4n) is 2.74. The summed E-state index contributed by atoms with van der Waals surface area (Å²) in [5.74, 6) is 0.353. The highest BCUT2D eigenvalue weighted by atomic mass is 16.5. The molecular formula is C14H28N2O2. The maximum atomic E-state index is 11.3. The van der Waals surface area contributed by atoms with Gasteiger partial charge in [-0.3, -0.25) is 4.79 Å². The predicted octanol–water partition coefficient (Wildman–Crippen LogP) is 1.78. The minimum atomic E-state index is -0.480. The Morgan fingerprint density at radius 1 is 1.39 bits per heavy atom. The van der Waals surface area contributed by atoms with E-state index < -0.39 is 6.04 Å². The normalized spacial score (nSPS) is 18.6. The smallest absolute Gasteiger partial charge is 0.322 e. The first kappa shape index (κ1) is 15.4. The lowest BCUT2D eigenvalue weighted by molar-refractivity contribution is -0.142. The topological polar surface area (TPSA) is 55.6 Å². The van der Waals surface area contributed by atoms with Crippen molar-refractivity contribution in [2.24, 2.45) is 11.7 Å². The highest BCUT2D eigenvalue weighted by molar-refractivity contribution is 5.75. The molecule has 1 aliphatic carbocycles. The van der Waals surface area contributed by atoms with Gasteiger partial charge in [-0.15, -0.1) is 0 Å². The molecule has 0 radical (unpaired) electrons. The third-order valence-electron chi connectivity index (χ3n) is 3.67. The lowest BCUT2D eigenvalue weighted by atomic mass is 10.1. The summed E-state index contributed by atoms with van der Waals surface area (Å²) in [5.41, 5.74) is 5.80. The first-order valence-corrected chi connectivity index (χ1v) is 7.12. The van der Waals surface area contributed by atoms with Crippen LogP contribution in [0.3, 0.4) is 0 Å². The largest absolute Gasteiger partial charge is 0.468 e. The van der Waals surface area contributed by atoms with Crippen LogP contribution in [0.4, 0.5) is 0 Å². The molecule has 18 heavy (non-hydrogen) atoms. The Morgan fingerprint density at radius 2 is 2.00 bits per heavy atom. The van der Waals surface area contributed by atoms with E-state index in [4.69, 9.17) is 5.73 Å². The van der Waals surface area contributed by atoms with Crippen molar-refractivity contribution in [3.8, 4) is 0 Å². The number of carbonyl (C=O) groups excluding carboxylic acids is 1. The molecule has 1 saturated carbocycles. The van der Waals surface area contributed by atoms with Crippen LogP contribution in [0.15, 0.2) is 0 Å². The van der Waals surface area contributed by atoms with Crippen molar-refractivity contribution in [2.75, 3.05) is 20.2 Å². The number of nitrogens with zero attached hydrogens (tertiary/aromatic N) is 1. The molecule has 1 unspecified atom stereocenters. The lowest BCUT2D eigenvalue weighted by Gasteiger charge is -2.31. The number of nitrogens with two attached hydrogens (primary N) is 1. The molecule has 0 spiro atoms. The maximum Gasteiger partial charge on any atom is 0.322 e.